The van der Waals surface area contributed by atoms with Crippen molar-refractivity contribution in [1.29, 1.82) is 0 Å². The molecule has 2 heteroatoms. The van der Waals surface area contributed by atoms with Gasteiger partial charge in [0.15, 0.2) is 0 Å². The number of hydrogen-bond donors (Lipinski definition) is 0. The molecular formula is C18H41N2+. The van der Waals surface area contributed by atoms with Crippen LogP contribution in [0, 0.1) is 0 Å². The zero-order valence-corrected chi connectivity index (χ0v) is 15.1. The molecule has 0 bridgehead atoms. The lowest BCUT2D eigenvalue weighted by Crippen LogP contribution is -2.35. The van der Waals surface area contributed by atoms with Crippen LogP contribution in [0.4, 0.5) is 0 Å². The molecule has 0 aromatic carbocycles. The van der Waals surface area contributed by atoms with E-state index in [1.54, 1.807) is 0 Å². The predicted molar refractivity (Wildman–Crippen MR) is 92.2 cm³/mol. The summed E-state index contributed by atoms with van der Waals surface area (Å²) in [7, 11) is 9.15. The molecule has 0 aliphatic carbocycles. The Morgan fingerprint density at radius 1 is 0.650 bits per heavy atom. The van der Waals surface area contributed by atoms with Crippen molar-refractivity contribution < 1.29 is 4.48 Å². The average molecular weight is 286 g/mol. The summed E-state index contributed by atoms with van der Waals surface area (Å²) in [5.41, 5.74) is 0. The second-order valence-electron chi connectivity index (χ2n) is 7.50. The quantitative estimate of drug-likeness (QED) is 0.334. The molecular weight excluding hydrogens is 244 g/mol. The molecule has 0 atom stereocenters. The molecule has 0 saturated heterocycles. The number of rotatable bonds is 14. The molecule has 0 aromatic heterocycles. The van der Waals surface area contributed by atoms with Crippen molar-refractivity contribution in [2.75, 3.05) is 47.8 Å². The standard InChI is InChI=1S/C18H41N2/c1-6-7-8-9-10-13-16-19(2)17-14-11-12-15-18-20(3,4)5/h6-18H2,1-5H3/q+1. The molecule has 0 amide bonds. The summed E-state index contributed by atoms with van der Waals surface area (Å²) in [6, 6.07) is 0. The lowest BCUT2D eigenvalue weighted by atomic mass is 10.1. The second kappa shape index (κ2) is 12.6. The van der Waals surface area contributed by atoms with Gasteiger partial charge in [-0.1, -0.05) is 45.4 Å². The Balaban J connectivity index is 3.22. The van der Waals surface area contributed by atoms with Gasteiger partial charge in [-0.3, -0.25) is 0 Å². The van der Waals surface area contributed by atoms with Crippen LogP contribution in [0.25, 0.3) is 0 Å². The summed E-state index contributed by atoms with van der Waals surface area (Å²) in [5.74, 6) is 0. The van der Waals surface area contributed by atoms with Crippen LogP contribution in [-0.4, -0.2) is 57.2 Å². The molecule has 0 saturated carbocycles. The maximum Gasteiger partial charge on any atom is 0.0780 e. The monoisotopic (exact) mass is 285 g/mol. The van der Waals surface area contributed by atoms with Crippen molar-refractivity contribution in [2.24, 2.45) is 0 Å². The highest BCUT2D eigenvalue weighted by atomic mass is 15.3. The van der Waals surface area contributed by atoms with Crippen LogP contribution >= 0.6 is 0 Å². The fraction of sp³-hybridized carbons (Fsp3) is 1.00. The highest BCUT2D eigenvalue weighted by Gasteiger charge is 2.05. The Morgan fingerprint density at radius 3 is 1.60 bits per heavy atom. The van der Waals surface area contributed by atoms with Gasteiger partial charge in [0.1, 0.15) is 0 Å². The lowest BCUT2D eigenvalue weighted by Gasteiger charge is -2.23. The Bertz CT molecular complexity index is 196. The molecule has 0 N–H and O–H groups in total. The maximum atomic E-state index is 2.53. The molecule has 0 aliphatic heterocycles. The van der Waals surface area contributed by atoms with Crippen molar-refractivity contribution in [3.8, 4) is 0 Å². The third kappa shape index (κ3) is 16.0. The highest BCUT2D eigenvalue weighted by Crippen LogP contribution is 2.07. The zero-order chi connectivity index (χ0) is 15.3. The van der Waals surface area contributed by atoms with E-state index in [2.05, 4.69) is 40.0 Å². The Labute approximate surface area is 129 Å². The van der Waals surface area contributed by atoms with Crippen LogP contribution in [-0.2, 0) is 0 Å². The largest absolute Gasteiger partial charge is 0.331 e. The lowest BCUT2D eigenvalue weighted by molar-refractivity contribution is -0.870. The average Bonchev–Trinajstić information content (AvgIpc) is 2.36. The first-order valence-electron chi connectivity index (χ1n) is 8.94. The smallest absolute Gasteiger partial charge is 0.0780 e. The number of nitrogens with zero attached hydrogens (tertiary/aromatic N) is 2. The fourth-order valence-corrected chi connectivity index (χ4v) is 2.60. The van der Waals surface area contributed by atoms with Crippen LogP contribution in [0.1, 0.15) is 71.1 Å². The van der Waals surface area contributed by atoms with Crippen LogP contribution < -0.4 is 0 Å². The first-order valence-corrected chi connectivity index (χ1v) is 8.94. The van der Waals surface area contributed by atoms with E-state index >= 15 is 0 Å². The van der Waals surface area contributed by atoms with Gasteiger partial charge in [-0.25, -0.2) is 0 Å². The molecule has 0 aromatic rings. The van der Waals surface area contributed by atoms with Crippen molar-refractivity contribution in [3.63, 3.8) is 0 Å². The molecule has 20 heavy (non-hydrogen) atoms. The SMILES string of the molecule is CCCCCCCCN(C)CCCCCC[N+](C)(C)C. The molecule has 0 aliphatic rings. The molecule has 2 nitrogen and oxygen atoms in total. The van der Waals surface area contributed by atoms with E-state index in [0.29, 0.717) is 0 Å². The van der Waals surface area contributed by atoms with Crippen molar-refractivity contribution >= 4 is 0 Å². The molecule has 0 radical (unpaired) electrons. The molecule has 0 unspecified atom stereocenters. The van der Waals surface area contributed by atoms with Gasteiger partial charge in [-0.2, -0.15) is 0 Å². The van der Waals surface area contributed by atoms with Gasteiger partial charge in [0.05, 0.1) is 27.7 Å². The van der Waals surface area contributed by atoms with Crippen LogP contribution in [0.3, 0.4) is 0 Å². The highest BCUT2D eigenvalue weighted by molar-refractivity contribution is 4.54. The minimum Gasteiger partial charge on any atom is -0.331 e. The summed E-state index contributed by atoms with van der Waals surface area (Å²) in [6.07, 6.45) is 14.0. The van der Waals surface area contributed by atoms with Crippen LogP contribution in [0.5, 0.6) is 0 Å². The normalized spacial score (nSPS) is 12.3. The fourth-order valence-electron chi connectivity index (χ4n) is 2.60. The van der Waals surface area contributed by atoms with Crippen LogP contribution in [0.2, 0.25) is 0 Å². The molecule has 0 spiro atoms. The zero-order valence-electron chi connectivity index (χ0n) is 15.1. The topological polar surface area (TPSA) is 3.24 Å². The van der Waals surface area contributed by atoms with E-state index in [1.165, 1.54) is 83.8 Å². The molecule has 0 heterocycles. The van der Waals surface area contributed by atoms with Gasteiger partial charge >= 0.3 is 0 Å². The van der Waals surface area contributed by atoms with Gasteiger partial charge in [-0.15, -0.1) is 0 Å². The third-order valence-corrected chi connectivity index (χ3v) is 4.01. The summed E-state index contributed by atoms with van der Waals surface area (Å²) in [4.78, 5) is 2.53. The predicted octanol–water partition coefficient (Wildman–Crippen LogP) is 4.55. The summed E-state index contributed by atoms with van der Waals surface area (Å²) < 4.78 is 1.11. The minimum absolute atomic E-state index is 1.11. The molecule has 0 fully saturated rings. The van der Waals surface area contributed by atoms with E-state index in [0.717, 1.165) is 4.48 Å². The second-order valence-corrected chi connectivity index (χ2v) is 7.50. The number of hydrogen-bond acceptors (Lipinski definition) is 1. The summed E-state index contributed by atoms with van der Waals surface area (Å²) in [6.45, 7) is 6.19. The van der Waals surface area contributed by atoms with E-state index in [-0.39, 0.29) is 0 Å². The van der Waals surface area contributed by atoms with E-state index < -0.39 is 0 Å². The van der Waals surface area contributed by atoms with E-state index in [4.69, 9.17) is 0 Å². The van der Waals surface area contributed by atoms with Gasteiger partial charge in [-0.05, 0) is 45.8 Å². The Morgan fingerprint density at radius 2 is 1.10 bits per heavy atom. The van der Waals surface area contributed by atoms with Crippen LogP contribution in [0.15, 0.2) is 0 Å². The summed E-state index contributed by atoms with van der Waals surface area (Å²) >= 11 is 0. The van der Waals surface area contributed by atoms with Gasteiger partial charge in [0.2, 0.25) is 0 Å². The molecule has 122 valence electrons. The number of unbranched alkanes of at least 4 members (excludes halogenated alkanes) is 8. The van der Waals surface area contributed by atoms with E-state index in [1.807, 2.05) is 0 Å². The number of quaternary nitrogens is 1. The molecule has 0 rings (SSSR count). The Hall–Kier alpha value is -0.0800. The first-order chi connectivity index (χ1) is 9.45. The van der Waals surface area contributed by atoms with Gasteiger partial charge in [0, 0.05) is 0 Å². The minimum atomic E-state index is 1.11. The maximum absolute atomic E-state index is 2.53. The van der Waals surface area contributed by atoms with Crippen molar-refractivity contribution in [1.82, 2.24) is 4.90 Å². The summed E-state index contributed by atoms with van der Waals surface area (Å²) in [5, 5.41) is 0. The first kappa shape index (κ1) is 19.9. The van der Waals surface area contributed by atoms with Crippen molar-refractivity contribution in [3.05, 3.63) is 0 Å². The van der Waals surface area contributed by atoms with Crippen molar-refractivity contribution in [2.45, 2.75) is 71.1 Å². The Kier molecular flexibility index (Phi) is 12.6. The third-order valence-electron chi connectivity index (χ3n) is 4.01. The van der Waals surface area contributed by atoms with E-state index in [9.17, 15) is 0 Å². The van der Waals surface area contributed by atoms with Gasteiger partial charge < -0.3 is 9.38 Å². The van der Waals surface area contributed by atoms with Gasteiger partial charge in [0.25, 0.3) is 0 Å².